The summed E-state index contributed by atoms with van der Waals surface area (Å²) >= 11 is 0. The normalized spacial score (nSPS) is 24.4. The Hall–Kier alpha value is -0.830. The van der Waals surface area contributed by atoms with Crippen LogP contribution < -0.4 is 0 Å². The smallest absolute Gasteiger partial charge is 0.0628 e. The van der Waals surface area contributed by atoms with Gasteiger partial charge in [0, 0.05) is 19.2 Å². The average Bonchev–Trinajstić information content (AvgIpc) is 2.70. The van der Waals surface area contributed by atoms with E-state index in [1.807, 2.05) is 11.7 Å². The lowest BCUT2D eigenvalue weighted by Gasteiger charge is -2.12. The van der Waals surface area contributed by atoms with Gasteiger partial charge in [0.1, 0.15) is 0 Å². The Balaban J connectivity index is 2.01. The summed E-state index contributed by atoms with van der Waals surface area (Å²) in [5, 5.41) is 14.5. The zero-order chi connectivity index (χ0) is 11.9. The van der Waals surface area contributed by atoms with Crippen LogP contribution in [0.3, 0.4) is 0 Å². The van der Waals surface area contributed by atoms with Crippen LogP contribution in [-0.4, -0.2) is 21.0 Å². The van der Waals surface area contributed by atoms with Crippen molar-refractivity contribution in [2.24, 2.45) is 18.4 Å². The molecule has 0 aliphatic heterocycles. The van der Waals surface area contributed by atoms with E-state index < -0.39 is 0 Å². The molecule has 2 atom stereocenters. The van der Waals surface area contributed by atoms with Crippen molar-refractivity contribution >= 4 is 0 Å². The Morgan fingerprint density at radius 2 is 2.25 bits per heavy atom. The molecule has 90 valence electrons. The highest BCUT2D eigenvalue weighted by Gasteiger charge is 2.49. The van der Waals surface area contributed by atoms with Crippen LogP contribution in [0.15, 0.2) is 6.07 Å². The fourth-order valence-electron chi connectivity index (χ4n) is 2.46. The number of aliphatic hydroxyl groups excluding tert-OH is 1. The quantitative estimate of drug-likeness (QED) is 0.845. The van der Waals surface area contributed by atoms with Gasteiger partial charge in [-0.25, -0.2) is 0 Å². The molecule has 16 heavy (non-hydrogen) atoms. The molecule has 1 N–H and O–H groups in total. The summed E-state index contributed by atoms with van der Waals surface area (Å²) in [6.45, 7) is 6.55. The van der Waals surface area contributed by atoms with Crippen molar-refractivity contribution in [2.75, 3.05) is 0 Å². The van der Waals surface area contributed by atoms with Gasteiger partial charge in [-0.15, -0.1) is 0 Å². The lowest BCUT2D eigenvalue weighted by Crippen LogP contribution is -2.18. The molecule has 0 saturated heterocycles. The molecule has 1 aliphatic carbocycles. The molecule has 3 nitrogen and oxygen atoms in total. The second-order valence-corrected chi connectivity index (χ2v) is 5.67. The van der Waals surface area contributed by atoms with Gasteiger partial charge >= 0.3 is 0 Å². The molecule has 1 fully saturated rings. The predicted molar refractivity (Wildman–Crippen MR) is 64.2 cm³/mol. The molecule has 1 aromatic rings. The van der Waals surface area contributed by atoms with Gasteiger partial charge in [-0.05, 0) is 30.2 Å². The van der Waals surface area contributed by atoms with Crippen LogP contribution >= 0.6 is 0 Å². The van der Waals surface area contributed by atoms with Gasteiger partial charge in [-0.3, -0.25) is 4.68 Å². The molecule has 1 aliphatic rings. The number of aryl methyl sites for hydroxylation is 2. The van der Waals surface area contributed by atoms with Gasteiger partial charge in [0.2, 0.25) is 0 Å². The van der Waals surface area contributed by atoms with Crippen LogP contribution in [0.5, 0.6) is 0 Å². The van der Waals surface area contributed by atoms with Gasteiger partial charge < -0.3 is 5.11 Å². The number of rotatable bonds is 4. The molecule has 3 heteroatoms. The second kappa shape index (κ2) is 3.88. The Morgan fingerprint density at radius 1 is 1.62 bits per heavy atom. The molecule has 2 unspecified atom stereocenters. The number of hydrogen-bond acceptors (Lipinski definition) is 2. The van der Waals surface area contributed by atoms with Crippen LogP contribution in [-0.2, 0) is 19.9 Å². The fraction of sp³-hybridized carbons (Fsp3) is 0.769. The first-order valence-corrected chi connectivity index (χ1v) is 6.14. The van der Waals surface area contributed by atoms with Crippen molar-refractivity contribution in [1.29, 1.82) is 0 Å². The van der Waals surface area contributed by atoms with Crippen molar-refractivity contribution in [3.05, 3.63) is 17.5 Å². The van der Waals surface area contributed by atoms with E-state index in [4.69, 9.17) is 0 Å². The predicted octanol–water partition coefficient (Wildman–Crippen LogP) is 1.93. The number of aromatic nitrogens is 2. The highest BCUT2D eigenvalue weighted by Crippen LogP contribution is 2.53. The van der Waals surface area contributed by atoms with E-state index >= 15 is 0 Å². The number of aliphatic hydroxyl groups is 1. The van der Waals surface area contributed by atoms with Crippen molar-refractivity contribution in [2.45, 2.75) is 46.1 Å². The third-order valence-electron chi connectivity index (χ3n) is 3.86. The molecule has 0 amide bonds. The molecule has 0 aromatic carbocycles. The SMILES string of the molecule is CCc1cc(CC(O)C2CC2(C)C)n(C)n1. The first kappa shape index (κ1) is 11.6. The maximum absolute atomic E-state index is 10.1. The largest absolute Gasteiger partial charge is 0.392 e. The van der Waals surface area contributed by atoms with Crippen molar-refractivity contribution in [3.8, 4) is 0 Å². The minimum Gasteiger partial charge on any atom is -0.392 e. The summed E-state index contributed by atoms with van der Waals surface area (Å²) < 4.78 is 1.90. The lowest BCUT2D eigenvalue weighted by molar-refractivity contribution is 0.134. The maximum atomic E-state index is 10.1. The molecule has 0 bridgehead atoms. The maximum Gasteiger partial charge on any atom is 0.0628 e. The zero-order valence-corrected chi connectivity index (χ0v) is 10.7. The standard InChI is InChI=1S/C13H22N2O/c1-5-9-6-10(15(4)14-9)7-12(16)11-8-13(11,2)3/h6,11-12,16H,5,7-8H2,1-4H3. The average molecular weight is 222 g/mol. The van der Waals surface area contributed by atoms with Crippen LogP contribution in [0.4, 0.5) is 0 Å². The second-order valence-electron chi connectivity index (χ2n) is 5.67. The Labute approximate surface area is 97.5 Å². The van der Waals surface area contributed by atoms with E-state index in [1.165, 1.54) is 0 Å². The van der Waals surface area contributed by atoms with Gasteiger partial charge in [0.25, 0.3) is 0 Å². The zero-order valence-electron chi connectivity index (χ0n) is 10.7. The third kappa shape index (κ3) is 2.14. The molecule has 1 aromatic heterocycles. The molecular formula is C13H22N2O. The summed E-state index contributed by atoms with van der Waals surface area (Å²) in [6.07, 6.45) is 2.62. The van der Waals surface area contributed by atoms with E-state index in [0.717, 1.165) is 30.7 Å². The third-order valence-corrected chi connectivity index (χ3v) is 3.86. The molecule has 1 heterocycles. The summed E-state index contributed by atoms with van der Waals surface area (Å²) in [4.78, 5) is 0. The van der Waals surface area contributed by atoms with Crippen LogP contribution in [0, 0.1) is 11.3 Å². The molecule has 1 saturated carbocycles. The topological polar surface area (TPSA) is 38.0 Å². The van der Waals surface area contributed by atoms with E-state index in [-0.39, 0.29) is 6.10 Å². The van der Waals surface area contributed by atoms with E-state index in [2.05, 4.69) is 31.9 Å². The van der Waals surface area contributed by atoms with Gasteiger partial charge in [0.15, 0.2) is 0 Å². The van der Waals surface area contributed by atoms with Crippen molar-refractivity contribution in [3.63, 3.8) is 0 Å². The van der Waals surface area contributed by atoms with Gasteiger partial charge in [-0.2, -0.15) is 5.10 Å². The fourth-order valence-corrected chi connectivity index (χ4v) is 2.46. The van der Waals surface area contributed by atoms with Gasteiger partial charge in [-0.1, -0.05) is 20.8 Å². The highest BCUT2D eigenvalue weighted by molar-refractivity contribution is 5.13. The molecule has 0 radical (unpaired) electrons. The van der Waals surface area contributed by atoms with Crippen molar-refractivity contribution < 1.29 is 5.11 Å². The van der Waals surface area contributed by atoms with E-state index in [1.54, 1.807) is 0 Å². The monoisotopic (exact) mass is 222 g/mol. The Kier molecular flexibility index (Phi) is 2.82. The molecular weight excluding hydrogens is 200 g/mol. The summed E-state index contributed by atoms with van der Waals surface area (Å²) in [5.74, 6) is 0.465. The summed E-state index contributed by atoms with van der Waals surface area (Å²) in [6, 6.07) is 2.11. The van der Waals surface area contributed by atoms with Crippen LogP contribution in [0.2, 0.25) is 0 Å². The van der Waals surface area contributed by atoms with E-state index in [0.29, 0.717) is 11.3 Å². The van der Waals surface area contributed by atoms with Gasteiger partial charge in [0.05, 0.1) is 11.8 Å². The minimum atomic E-state index is -0.213. The first-order valence-electron chi connectivity index (χ1n) is 6.14. The lowest BCUT2D eigenvalue weighted by atomic mass is 10.0. The molecule has 0 spiro atoms. The highest BCUT2D eigenvalue weighted by atomic mass is 16.3. The summed E-state index contributed by atoms with van der Waals surface area (Å²) in [5.41, 5.74) is 2.60. The van der Waals surface area contributed by atoms with Crippen molar-refractivity contribution in [1.82, 2.24) is 9.78 Å². The first-order chi connectivity index (χ1) is 7.44. The molecule has 2 rings (SSSR count). The van der Waals surface area contributed by atoms with Crippen LogP contribution in [0.25, 0.3) is 0 Å². The van der Waals surface area contributed by atoms with Crippen LogP contribution in [0.1, 0.15) is 38.6 Å². The number of nitrogens with zero attached hydrogens (tertiary/aromatic N) is 2. The van der Waals surface area contributed by atoms with E-state index in [9.17, 15) is 5.11 Å². The minimum absolute atomic E-state index is 0.213. The number of hydrogen-bond donors (Lipinski definition) is 1. The summed E-state index contributed by atoms with van der Waals surface area (Å²) in [7, 11) is 1.96. The Morgan fingerprint density at radius 3 is 2.69 bits per heavy atom. The Bertz CT molecular complexity index is 381.